The largest absolute Gasteiger partial charge is 0.486 e. The molecule has 0 amide bonds. The van der Waals surface area contributed by atoms with Gasteiger partial charge in [0.25, 0.3) is 0 Å². The molecule has 0 aromatic heterocycles. The van der Waals surface area contributed by atoms with E-state index in [2.05, 4.69) is 22.9 Å². The summed E-state index contributed by atoms with van der Waals surface area (Å²) in [7, 11) is 0. The Bertz CT molecular complexity index is 457. The summed E-state index contributed by atoms with van der Waals surface area (Å²) in [6, 6.07) is 3.80. The zero-order valence-corrected chi connectivity index (χ0v) is 11.9. The van der Waals surface area contributed by atoms with Crippen LogP contribution < -0.4 is 9.47 Å². The molecular formula is C14H17BrO3. The normalized spacial score (nSPS) is 21.5. The Hall–Kier alpha value is -0.740. The van der Waals surface area contributed by atoms with Crippen molar-refractivity contribution in [3.8, 4) is 11.5 Å². The van der Waals surface area contributed by atoms with Gasteiger partial charge in [-0.1, -0.05) is 22.9 Å². The lowest BCUT2D eigenvalue weighted by molar-refractivity contribution is 0.104. The zero-order chi connectivity index (χ0) is 12.7. The highest BCUT2D eigenvalue weighted by Crippen LogP contribution is 2.46. The average molecular weight is 313 g/mol. The van der Waals surface area contributed by atoms with Gasteiger partial charge in [0.1, 0.15) is 13.2 Å². The number of rotatable bonds is 3. The summed E-state index contributed by atoms with van der Waals surface area (Å²) in [5.74, 6) is 2.45. The molecule has 1 saturated carbocycles. The Morgan fingerprint density at radius 1 is 1.22 bits per heavy atom. The lowest BCUT2D eigenvalue weighted by Crippen LogP contribution is -2.17. The molecular weight excluding hydrogens is 296 g/mol. The van der Waals surface area contributed by atoms with Gasteiger partial charge in [-0.15, -0.1) is 0 Å². The molecule has 3 nitrogen and oxygen atoms in total. The maximum atomic E-state index is 10.5. The first-order valence-electron chi connectivity index (χ1n) is 6.44. The van der Waals surface area contributed by atoms with Crippen molar-refractivity contribution in [1.82, 2.24) is 0 Å². The van der Waals surface area contributed by atoms with E-state index >= 15 is 0 Å². The highest BCUT2D eigenvalue weighted by Gasteiger charge is 2.34. The monoisotopic (exact) mass is 312 g/mol. The van der Waals surface area contributed by atoms with Crippen LogP contribution in [0.5, 0.6) is 11.5 Å². The van der Waals surface area contributed by atoms with Gasteiger partial charge in [-0.25, -0.2) is 0 Å². The van der Waals surface area contributed by atoms with Crippen molar-refractivity contribution in [2.45, 2.75) is 25.9 Å². The predicted octanol–water partition coefficient (Wildman–Crippen LogP) is 3.30. The number of hydrogen-bond donors (Lipinski definition) is 1. The van der Waals surface area contributed by atoms with E-state index in [-0.39, 0.29) is 0 Å². The number of aliphatic hydroxyl groups is 1. The van der Waals surface area contributed by atoms with Gasteiger partial charge in [-0.3, -0.25) is 0 Å². The van der Waals surface area contributed by atoms with Crippen molar-refractivity contribution in [3.05, 3.63) is 22.2 Å². The Labute approximate surface area is 115 Å². The Morgan fingerprint density at radius 2 is 1.83 bits per heavy atom. The van der Waals surface area contributed by atoms with Crippen LogP contribution in [-0.2, 0) is 0 Å². The van der Waals surface area contributed by atoms with Crippen LogP contribution >= 0.6 is 15.9 Å². The summed E-state index contributed by atoms with van der Waals surface area (Å²) in [5.41, 5.74) is 0.902. The number of fused-ring (bicyclic) bond motifs is 1. The first-order chi connectivity index (χ1) is 8.66. The molecule has 1 heterocycles. The van der Waals surface area contributed by atoms with Crippen molar-refractivity contribution in [3.63, 3.8) is 0 Å². The molecule has 2 unspecified atom stereocenters. The molecule has 1 N–H and O–H groups in total. The third-order valence-electron chi connectivity index (χ3n) is 3.84. The first kappa shape index (κ1) is 12.3. The van der Waals surface area contributed by atoms with Crippen molar-refractivity contribution in [2.24, 2.45) is 11.8 Å². The van der Waals surface area contributed by atoms with E-state index in [1.54, 1.807) is 0 Å². The molecule has 4 heteroatoms. The van der Waals surface area contributed by atoms with Gasteiger partial charge in [0.05, 0.1) is 6.10 Å². The fourth-order valence-corrected chi connectivity index (χ4v) is 3.03. The summed E-state index contributed by atoms with van der Waals surface area (Å²) < 4.78 is 12.0. The lowest BCUT2D eigenvalue weighted by Gasteiger charge is -2.24. The molecule has 1 aromatic carbocycles. The van der Waals surface area contributed by atoms with Gasteiger partial charge in [0, 0.05) is 4.47 Å². The molecule has 18 heavy (non-hydrogen) atoms. The highest BCUT2D eigenvalue weighted by molar-refractivity contribution is 9.10. The zero-order valence-electron chi connectivity index (χ0n) is 10.4. The molecule has 2 atom stereocenters. The van der Waals surface area contributed by atoms with Crippen LogP contribution in [0.15, 0.2) is 16.6 Å². The summed E-state index contributed by atoms with van der Waals surface area (Å²) >= 11 is 3.52. The molecule has 98 valence electrons. The minimum absolute atomic E-state index is 0.295. The minimum atomic E-state index is -0.442. The fraction of sp³-hybridized carbons (Fsp3) is 0.571. The summed E-state index contributed by atoms with van der Waals surface area (Å²) in [4.78, 5) is 0. The second-order valence-electron chi connectivity index (χ2n) is 5.16. The van der Waals surface area contributed by atoms with Crippen molar-refractivity contribution in [1.29, 1.82) is 0 Å². The summed E-state index contributed by atoms with van der Waals surface area (Å²) in [6.45, 7) is 3.27. The molecule has 1 aromatic rings. The number of ether oxygens (including phenoxy) is 2. The van der Waals surface area contributed by atoms with Gasteiger partial charge >= 0.3 is 0 Å². The van der Waals surface area contributed by atoms with E-state index in [4.69, 9.17) is 9.47 Å². The standard InChI is InChI=1S/C14H17BrO3/c1-8(9-2-3-9)14(16)10-6-12-13(7-11(10)15)18-5-4-17-12/h6-9,14,16H,2-5H2,1H3. The van der Waals surface area contributed by atoms with Crippen LogP contribution in [0.2, 0.25) is 0 Å². The minimum Gasteiger partial charge on any atom is -0.486 e. The summed E-state index contributed by atoms with van der Waals surface area (Å²) in [5, 5.41) is 10.5. The van der Waals surface area contributed by atoms with Crippen LogP contribution in [-0.4, -0.2) is 18.3 Å². The van der Waals surface area contributed by atoms with E-state index in [0.717, 1.165) is 21.5 Å². The van der Waals surface area contributed by atoms with Gasteiger partial charge in [-0.2, -0.15) is 0 Å². The molecule has 0 bridgehead atoms. The third kappa shape index (κ3) is 2.24. The summed E-state index contributed by atoms with van der Waals surface area (Å²) in [6.07, 6.45) is 2.03. The first-order valence-corrected chi connectivity index (χ1v) is 7.23. The number of hydrogen-bond acceptors (Lipinski definition) is 3. The molecule has 1 aliphatic heterocycles. The van der Waals surface area contributed by atoms with E-state index in [1.807, 2.05) is 12.1 Å². The molecule has 0 saturated heterocycles. The van der Waals surface area contributed by atoms with Crippen LogP contribution in [0.4, 0.5) is 0 Å². The van der Waals surface area contributed by atoms with Crippen LogP contribution in [0.1, 0.15) is 31.4 Å². The topological polar surface area (TPSA) is 38.7 Å². The molecule has 1 aliphatic carbocycles. The SMILES string of the molecule is CC(C1CC1)C(O)c1cc2c(cc1Br)OCCO2. The van der Waals surface area contributed by atoms with E-state index in [1.165, 1.54) is 12.8 Å². The molecule has 0 spiro atoms. The van der Waals surface area contributed by atoms with Crippen LogP contribution in [0, 0.1) is 11.8 Å². The third-order valence-corrected chi connectivity index (χ3v) is 4.53. The van der Waals surface area contributed by atoms with E-state index < -0.39 is 6.10 Å². The van der Waals surface area contributed by atoms with Crippen LogP contribution in [0.25, 0.3) is 0 Å². The maximum Gasteiger partial charge on any atom is 0.162 e. The fourth-order valence-electron chi connectivity index (χ4n) is 2.47. The molecule has 0 radical (unpaired) electrons. The lowest BCUT2D eigenvalue weighted by atomic mass is 9.93. The van der Waals surface area contributed by atoms with Crippen molar-refractivity contribution < 1.29 is 14.6 Å². The Balaban J connectivity index is 1.90. The molecule has 3 rings (SSSR count). The van der Waals surface area contributed by atoms with Gasteiger partial charge in [0.2, 0.25) is 0 Å². The second kappa shape index (κ2) is 4.74. The quantitative estimate of drug-likeness (QED) is 0.930. The Kier molecular flexibility index (Phi) is 3.24. The molecule has 1 fully saturated rings. The van der Waals surface area contributed by atoms with Gasteiger partial charge < -0.3 is 14.6 Å². The smallest absolute Gasteiger partial charge is 0.162 e. The van der Waals surface area contributed by atoms with Gasteiger partial charge in [0.15, 0.2) is 11.5 Å². The number of benzene rings is 1. The van der Waals surface area contributed by atoms with E-state index in [9.17, 15) is 5.11 Å². The van der Waals surface area contributed by atoms with Crippen molar-refractivity contribution in [2.75, 3.05) is 13.2 Å². The number of halogens is 1. The van der Waals surface area contributed by atoms with Crippen LogP contribution in [0.3, 0.4) is 0 Å². The second-order valence-corrected chi connectivity index (χ2v) is 6.01. The van der Waals surface area contributed by atoms with Gasteiger partial charge in [-0.05, 0) is 42.4 Å². The van der Waals surface area contributed by atoms with E-state index in [0.29, 0.717) is 25.0 Å². The number of aliphatic hydroxyl groups excluding tert-OH is 1. The average Bonchev–Trinajstić information content (AvgIpc) is 3.20. The molecule has 2 aliphatic rings. The maximum absolute atomic E-state index is 10.5. The predicted molar refractivity (Wildman–Crippen MR) is 72.0 cm³/mol. The highest BCUT2D eigenvalue weighted by atomic mass is 79.9. The Morgan fingerprint density at radius 3 is 2.44 bits per heavy atom. The van der Waals surface area contributed by atoms with Crippen molar-refractivity contribution >= 4 is 15.9 Å².